The van der Waals surface area contributed by atoms with Crippen LogP contribution in [0.5, 0.6) is 0 Å². The molecular formula is C34H39FN2O2S. The minimum absolute atomic E-state index is 0.137. The molecule has 6 heteroatoms. The molecule has 0 bridgehead atoms. The van der Waals surface area contributed by atoms with E-state index < -0.39 is 5.60 Å². The summed E-state index contributed by atoms with van der Waals surface area (Å²) in [6.07, 6.45) is 5.19. The number of rotatable bonds is 7. The molecule has 0 spiro atoms. The number of halogens is 1. The average molecular weight is 559 g/mol. The standard InChI is InChI=1S/C30H35FN2O2.C4H4S/c31-26-12-10-23(11-13-26)5-4-15-30(35)16-19-32(20-17-30)21-24-14-18-33(22-24)29(34)28-9-3-7-25-6-1-2-8-27(25)28;1-2-4-5-3-1/h1-3,6-13,24,35H,4-5,14-22H2;1-4H/t24-;/m1./s1. The molecule has 3 aromatic carbocycles. The predicted molar refractivity (Wildman–Crippen MR) is 162 cm³/mol. The first kappa shape index (κ1) is 28.5. The molecule has 1 N–H and O–H groups in total. The Bertz CT molecular complexity index is 1330. The fraction of sp³-hybridized carbons (Fsp3) is 0.382. The maximum Gasteiger partial charge on any atom is 0.254 e. The summed E-state index contributed by atoms with van der Waals surface area (Å²) in [7, 11) is 0. The number of carbonyl (C=O) groups is 1. The number of aryl methyl sites for hydroxylation is 1. The number of aliphatic hydroxyl groups is 1. The highest BCUT2D eigenvalue weighted by Crippen LogP contribution is 2.30. The highest BCUT2D eigenvalue weighted by atomic mass is 32.1. The van der Waals surface area contributed by atoms with Gasteiger partial charge in [0.25, 0.3) is 5.91 Å². The highest BCUT2D eigenvalue weighted by Gasteiger charge is 2.34. The second kappa shape index (κ2) is 13.5. The fourth-order valence-electron chi connectivity index (χ4n) is 6.01. The molecule has 0 aliphatic carbocycles. The highest BCUT2D eigenvalue weighted by molar-refractivity contribution is 7.07. The first-order chi connectivity index (χ1) is 19.5. The van der Waals surface area contributed by atoms with Crippen molar-refractivity contribution < 1.29 is 14.3 Å². The van der Waals surface area contributed by atoms with Crippen molar-refractivity contribution in [2.24, 2.45) is 5.92 Å². The van der Waals surface area contributed by atoms with Gasteiger partial charge in [0.2, 0.25) is 0 Å². The van der Waals surface area contributed by atoms with Gasteiger partial charge >= 0.3 is 0 Å². The van der Waals surface area contributed by atoms with Gasteiger partial charge in [-0.2, -0.15) is 11.3 Å². The summed E-state index contributed by atoms with van der Waals surface area (Å²) in [5, 5.41) is 17.3. The molecule has 6 rings (SSSR count). The molecule has 0 saturated carbocycles. The van der Waals surface area contributed by atoms with Gasteiger partial charge in [-0.3, -0.25) is 4.79 Å². The van der Waals surface area contributed by atoms with E-state index >= 15 is 0 Å². The average Bonchev–Trinajstić information content (AvgIpc) is 3.71. The van der Waals surface area contributed by atoms with Crippen LogP contribution in [0, 0.1) is 11.7 Å². The lowest BCUT2D eigenvalue weighted by Crippen LogP contribution is -2.46. The number of hydrogen-bond donors (Lipinski definition) is 1. The first-order valence-electron chi connectivity index (χ1n) is 14.4. The zero-order chi connectivity index (χ0) is 27.8. The summed E-state index contributed by atoms with van der Waals surface area (Å²) < 4.78 is 13.1. The van der Waals surface area contributed by atoms with Crippen molar-refractivity contribution in [3.8, 4) is 0 Å². The topological polar surface area (TPSA) is 43.8 Å². The number of thiophene rings is 1. The van der Waals surface area contributed by atoms with Crippen LogP contribution in [0.1, 0.15) is 48.0 Å². The normalized spacial score (nSPS) is 18.9. The number of nitrogens with zero attached hydrogens (tertiary/aromatic N) is 2. The lowest BCUT2D eigenvalue weighted by Gasteiger charge is -2.39. The Labute approximate surface area is 241 Å². The molecule has 2 fully saturated rings. The number of piperidine rings is 1. The smallest absolute Gasteiger partial charge is 0.254 e. The van der Waals surface area contributed by atoms with Crippen LogP contribution in [0.2, 0.25) is 0 Å². The lowest BCUT2D eigenvalue weighted by atomic mass is 9.85. The SMILES string of the molecule is O=C(c1cccc2ccccc12)N1CC[C@H](CN2CCC(O)(CCCc3ccc(F)cc3)CC2)C1.c1ccsc1. The van der Waals surface area contributed by atoms with Crippen molar-refractivity contribution in [2.75, 3.05) is 32.7 Å². The molecule has 210 valence electrons. The Morgan fingerprint density at radius 2 is 1.65 bits per heavy atom. The molecule has 40 heavy (non-hydrogen) atoms. The Balaban J connectivity index is 0.000000582. The fourth-order valence-corrected chi connectivity index (χ4v) is 6.47. The van der Waals surface area contributed by atoms with E-state index in [0.29, 0.717) is 5.92 Å². The molecule has 3 heterocycles. The molecule has 1 amide bonds. The van der Waals surface area contributed by atoms with E-state index in [-0.39, 0.29) is 11.7 Å². The van der Waals surface area contributed by atoms with E-state index in [1.165, 1.54) is 12.1 Å². The van der Waals surface area contributed by atoms with Crippen LogP contribution in [-0.4, -0.2) is 59.1 Å². The Morgan fingerprint density at radius 3 is 2.38 bits per heavy atom. The predicted octanol–water partition coefficient (Wildman–Crippen LogP) is 7.04. The molecule has 1 atom stereocenters. The van der Waals surface area contributed by atoms with Gasteiger partial charge in [0, 0.05) is 38.3 Å². The number of benzene rings is 3. The lowest BCUT2D eigenvalue weighted by molar-refractivity contribution is -0.0312. The van der Waals surface area contributed by atoms with Crippen LogP contribution in [0.15, 0.2) is 89.6 Å². The third kappa shape index (κ3) is 7.57. The van der Waals surface area contributed by atoms with Crippen LogP contribution in [0.4, 0.5) is 4.39 Å². The van der Waals surface area contributed by atoms with Gasteiger partial charge in [0.15, 0.2) is 0 Å². The van der Waals surface area contributed by atoms with E-state index in [9.17, 15) is 14.3 Å². The molecule has 1 aromatic heterocycles. The van der Waals surface area contributed by atoms with Crippen molar-refractivity contribution in [3.05, 3.63) is 107 Å². The summed E-state index contributed by atoms with van der Waals surface area (Å²) in [6.45, 7) is 4.42. The zero-order valence-electron chi connectivity index (χ0n) is 23.1. The van der Waals surface area contributed by atoms with Crippen LogP contribution < -0.4 is 0 Å². The van der Waals surface area contributed by atoms with Gasteiger partial charge in [0.05, 0.1) is 5.60 Å². The maximum atomic E-state index is 13.3. The summed E-state index contributed by atoms with van der Waals surface area (Å²) >= 11 is 1.71. The number of carbonyl (C=O) groups excluding carboxylic acids is 1. The van der Waals surface area contributed by atoms with Gasteiger partial charge in [0.1, 0.15) is 5.82 Å². The number of hydrogen-bond acceptors (Lipinski definition) is 4. The van der Waals surface area contributed by atoms with Crippen molar-refractivity contribution in [2.45, 2.75) is 44.1 Å². The van der Waals surface area contributed by atoms with Crippen molar-refractivity contribution in [3.63, 3.8) is 0 Å². The van der Waals surface area contributed by atoms with E-state index in [1.807, 2.05) is 70.3 Å². The van der Waals surface area contributed by atoms with E-state index in [1.54, 1.807) is 11.3 Å². The van der Waals surface area contributed by atoms with Gasteiger partial charge in [-0.25, -0.2) is 4.39 Å². The van der Waals surface area contributed by atoms with Crippen molar-refractivity contribution in [1.29, 1.82) is 0 Å². The zero-order valence-corrected chi connectivity index (χ0v) is 23.9. The summed E-state index contributed by atoms with van der Waals surface area (Å²) in [5.41, 5.74) is 1.33. The van der Waals surface area contributed by atoms with Gasteiger partial charge < -0.3 is 14.9 Å². The number of amides is 1. The Morgan fingerprint density at radius 1 is 0.925 bits per heavy atom. The molecule has 2 aliphatic heterocycles. The van der Waals surface area contributed by atoms with E-state index in [0.717, 1.165) is 93.1 Å². The first-order valence-corrected chi connectivity index (χ1v) is 15.4. The van der Waals surface area contributed by atoms with E-state index in [4.69, 9.17) is 0 Å². The number of fused-ring (bicyclic) bond motifs is 1. The quantitative estimate of drug-likeness (QED) is 0.265. The van der Waals surface area contributed by atoms with Crippen molar-refractivity contribution in [1.82, 2.24) is 9.80 Å². The van der Waals surface area contributed by atoms with Gasteiger partial charge in [-0.15, -0.1) is 0 Å². The molecular weight excluding hydrogens is 519 g/mol. The Kier molecular flexibility index (Phi) is 9.63. The maximum absolute atomic E-state index is 13.3. The number of likely N-dealkylation sites (tertiary alicyclic amines) is 2. The van der Waals surface area contributed by atoms with E-state index in [2.05, 4.69) is 17.0 Å². The molecule has 0 radical (unpaired) electrons. The monoisotopic (exact) mass is 558 g/mol. The minimum Gasteiger partial charge on any atom is -0.390 e. The molecule has 2 aliphatic rings. The van der Waals surface area contributed by atoms with Crippen LogP contribution in [0.25, 0.3) is 10.8 Å². The van der Waals surface area contributed by atoms with Crippen molar-refractivity contribution >= 4 is 28.0 Å². The van der Waals surface area contributed by atoms with Gasteiger partial charge in [-0.1, -0.05) is 60.7 Å². The van der Waals surface area contributed by atoms with Crippen LogP contribution >= 0.6 is 11.3 Å². The van der Waals surface area contributed by atoms with Crippen LogP contribution in [-0.2, 0) is 6.42 Å². The largest absolute Gasteiger partial charge is 0.390 e. The second-order valence-electron chi connectivity index (χ2n) is 11.2. The third-order valence-corrected chi connectivity index (χ3v) is 8.97. The summed E-state index contributed by atoms with van der Waals surface area (Å²) in [5.74, 6) is 0.417. The summed E-state index contributed by atoms with van der Waals surface area (Å²) in [4.78, 5) is 17.7. The molecule has 4 nitrogen and oxygen atoms in total. The second-order valence-corrected chi connectivity index (χ2v) is 12.0. The minimum atomic E-state index is -0.595. The van der Waals surface area contributed by atoms with Gasteiger partial charge in [-0.05, 0) is 89.7 Å². The summed E-state index contributed by atoms with van der Waals surface area (Å²) in [6, 6.07) is 24.8. The molecule has 2 saturated heterocycles. The molecule has 4 aromatic rings. The van der Waals surface area contributed by atoms with Crippen LogP contribution in [0.3, 0.4) is 0 Å². The third-order valence-electron chi connectivity index (χ3n) is 8.34. The Hall–Kier alpha value is -3.06. The molecule has 0 unspecified atom stereocenters.